The van der Waals surface area contributed by atoms with Gasteiger partial charge in [0.05, 0.1) is 21.3 Å². The van der Waals surface area contributed by atoms with E-state index in [-0.39, 0.29) is 5.56 Å². The van der Waals surface area contributed by atoms with Crippen molar-refractivity contribution in [3.05, 3.63) is 77.9 Å². The zero-order chi connectivity index (χ0) is 23.6. The predicted molar refractivity (Wildman–Crippen MR) is 122 cm³/mol. The van der Waals surface area contributed by atoms with Gasteiger partial charge < -0.3 is 29.0 Å². The number of hydrogen-bond donors (Lipinski definition) is 1. The first kappa shape index (κ1) is 23.5. The van der Waals surface area contributed by atoms with Gasteiger partial charge in [-0.1, -0.05) is 42.5 Å². The van der Waals surface area contributed by atoms with E-state index in [1.807, 2.05) is 30.3 Å². The molecule has 0 bridgehead atoms. The van der Waals surface area contributed by atoms with Crippen LogP contribution >= 0.6 is 0 Å². The third kappa shape index (κ3) is 6.16. The summed E-state index contributed by atoms with van der Waals surface area (Å²) < 4.78 is 26.8. The number of methoxy groups -OCH3 is 3. The van der Waals surface area contributed by atoms with Crippen LogP contribution in [0.15, 0.2) is 66.7 Å². The third-order valence-corrected chi connectivity index (χ3v) is 4.63. The number of amides is 1. The normalized spacial score (nSPS) is 10.2. The summed E-state index contributed by atoms with van der Waals surface area (Å²) in [4.78, 5) is 24.9. The molecule has 33 heavy (non-hydrogen) atoms. The maximum Gasteiger partial charge on any atom is 0.342 e. The highest BCUT2D eigenvalue weighted by Crippen LogP contribution is 2.39. The molecule has 0 atom stereocenters. The van der Waals surface area contributed by atoms with E-state index in [0.29, 0.717) is 35.3 Å². The van der Waals surface area contributed by atoms with Crippen LogP contribution in [0.2, 0.25) is 0 Å². The van der Waals surface area contributed by atoms with Gasteiger partial charge in [0.2, 0.25) is 5.75 Å². The molecular formula is C25H25NO7. The number of anilines is 1. The molecule has 172 valence electrons. The van der Waals surface area contributed by atoms with Crippen LogP contribution in [0.3, 0.4) is 0 Å². The van der Waals surface area contributed by atoms with E-state index in [0.717, 1.165) is 5.56 Å². The molecule has 0 spiro atoms. The van der Waals surface area contributed by atoms with Crippen molar-refractivity contribution in [2.45, 2.75) is 6.61 Å². The standard InChI is InChI=1S/C25H25NO7/c1-29-21-13-18(14-22(30-2)24(21)31-3)26-23(27)16-33-25(28)19-11-7-8-12-20(19)32-15-17-9-5-4-6-10-17/h4-14H,15-16H2,1-3H3,(H,26,27). The highest BCUT2D eigenvalue weighted by molar-refractivity contribution is 5.97. The van der Waals surface area contributed by atoms with Crippen molar-refractivity contribution < 1.29 is 33.3 Å². The molecule has 3 aromatic carbocycles. The smallest absolute Gasteiger partial charge is 0.342 e. The second kappa shape index (κ2) is 11.4. The van der Waals surface area contributed by atoms with Gasteiger partial charge in [-0.3, -0.25) is 4.79 Å². The average Bonchev–Trinajstić information content (AvgIpc) is 2.86. The van der Waals surface area contributed by atoms with Gasteiger partial charge in [0.15, 0.2) is 18.1 Å². The Kier molecular flexibility index (Phi) is 8.13. The molecule has 0 fully saturated rings. The lowest BCUT2D eigenvalue weighted by Crippen LogP contribution is -2.21. The number of ether oxygens (including phenoxy) is 5. The summed E-state index contributed by atoms with van der Waals surface area (Å²) in [5.74, 6) is 0.342. The summed E-state index contributed by atoms with van der Waals surface area (Å²) in [6.07, 6.45) is 0. The SMILES string of the molecule is COc1cc(NC(=O)COC(=O)c2ccccc2OCc2ccccc2)cc(OC)c1OC. The summed E-state index contributed by atoms with van der Waals surface area (Å²) in [7, 11) is 4.43. The average molecular weight is 451 g/mol. The van der Waals surface area contributed by atoms with Crippen molar-refractivity contribution in [2.75, 3.05) is 33.3 Å². The predicted octanol–water partition coefficient (Wildman–Crippen LogP) is 4.09. The number of esters is 1. The zero-order valence-electron chi connectivity index (χ0n) is 18.6. The molecule has 1 N–H and O–H groups in total. The van der Waals surface area contributed by atoms with Crippen LogP contribution in [-0.2, 0) is 16.1 Å². The van der Waals surface area contributed by atoms with E-state index in [1.54, 1.807) is 36.4 Å². The maximum absolute atomic E-state index is 12.6. The molecule has 8 nitrogen and oxygen atoms in total. The number of carbonyl (C=O) groups excluding carboxylic acids is 2. The summed E-state index contributed by atoms with van der Waals surface area (Å²) in [5.41, 5.74) is 1.59. The summed E-state index contributed by atoms with van der Waals surface area (Å²) in [5, 5.41) is 2.65. The van der Waals surface area contributed by atoms with E-state index in [9.17, 15) is 9.59 Å². The molecule has 0 aliphatic heterocycles. The molecule has 3 rings (SSSR count). The number of benzene rings is 3. The van der Waals surface area contributed by atoms with Crippen LogP contribution in [0.4, 0.5) is 5.69 Å². The second-order valence-electron chi connectivity index (χ2n) is 6.81. The maximum atomic E-state index is 12.6. The number of hydrogen-bond acceptors (Lipinski definition) is 7. The third-order valence-electron chi connectivity index (χ3n) is 4.63. The van der Waals surface area contributed by atoms with Crippen LogP contribution in [0, 0.1) is 0 Å². The molecule has 0 aliphatic rings. The minimum Gasteiger partial charge on any atom is -0.493 e. The molecule has 8 heteroatoms. The molecule has 1 amide bonds. The first-order valence-corrected chi connectivity index (χ1v) is 10.1. The molecule has 0 aliphatic carbocycles. The Balaban J connectivity index is 1.62. The second-order valence-corrected chi connectivity index (χ2v) is 6.81. The summed E-state index contributed by atoms with van der Waals surface area (Å²) in [6, 6.07) is 19.4. The lowest BCUT2D eigenvalue weighted by molar-refractivity contribution is -0.119. The van der Waals surface area contributed by atoms with E-state index in [2.05, 4.69) is 5.32 Å². The van der Waals surface area contributed by atoms with Gasteiger partial charge in [-0.25, -0.2) is 4.79 Å². The lowest BCUT2D eigenvalue weighted by atomic mass is 10.2. The Hall–Kier alpha value is -4.20. The molecule has 0 heterocycles. The molecule has 0 saturated heterocycles. The van der Waals surface area contributed by atoms with Gasteiger partial charge in [0.1, 0.15) is 17.9 Å². The highest BCUT2D eigenvalue weighted by atomic mass is 16.5. The van der Waals surface area contributed by atoms with E-state index >= 15 is 0 Å². The summed E-state index contributed by atoms with van der Waals surface area (Å²) in [6.45, 7) is -0.185. The fraction of sp³-hybridized carbons (Fsp3) is 0.200. The molecule has 0 saturated carbocycles. The highest BCUT2D eigenvalue weighted by Gasteiger charge is 2.17. The van der Waals surface area contributed by atoms with E-state index in [1.165, 1.54) is 21.3 Å². The largest absolute Gasteiger partial charge is 0.493 e. The topological polar surface area (TPSA) is 92.3 Å². The van der Waals surface area contributed by atoms with Crippen molar-refractivity contribution in [1.29, 1.82) is 0 Å². The minimum absolute atomic E-state index is 0.231. The number of carbonyl (C=O) groups is 2. The molecule has 3 aromatic rings. The van der Waals surface area contributed by atoms with Crippen molar-refractivity contribution >= 4 is 17.6 Å². The molecule has 0 radical (unpaired) electrons. The van der Waals surface area contributed by atoms with Crippen molar-refractivity contribution in [2.24, 2.45) is 0 Å². The van der Waals surface area contributed by atoms with Crippen molar-refractivity contribution in [3.63, 3.8) is 0 Å². The fourth-order valence-corrected chi connectivity index (χ4v) is 3.06. The number of para-hydroxylation sites is 1. The zero-order valence-corrected chi connectivity index (χ0v) is 18.6. The molecular weight excluding hydrogens is 426 g/mol. The Morgan fingerprint density at radius 3 is 2.06 bits per heavy atom. The minimum atomic E-state index is -0.668. The van der Waals surface area contributed by atoms with Gasteiger partial charge >= 0.3 is 5.97 Å². The fourth-order valence-electron chi connectivity index (χ4n) is 3.06. The van der Waals surface area contributed by atoms with E-state index < -0.39 is 18.5 Å². The Morgan fingerprint density at radius 2 is 1.42 bits per heavy atom. The van der Waals surface area contributed by atoms with Crippen LogP contribution in [0.1, 0.15) is 15.9 Å². The Morgan fingerprint density at radius 1 is 0.788 bits per heavy atom. The van der Waals surface area contributed by atoms with Gasteiger partial charge in [-0.05, 0) is 17.7 Å². The van der Waals surface area contributed by atoms with Gasteiger partial charge in [-0.2, -0.15) is 0 Å². The lowest BCUT2D eigenvalue weighted by Gasteiger charge is -2.15. The Labute approximate surface area is 192 Å². The molecule has 0 aromatic heterocycles. The Bertz CT molecular complexity index is 1070. The summed E-state index contributed by atoms with van der Waals surface area (Å²) >= 11 is 0. The van der Waals surface area contributed by atoms with Crippen LogP contribution in [0.5, 0.6) is 23.0 Å². The van der Waals surface area contributed by atoms with Crippen molar-refractivity contribution in [3.8, 4) is 23.0 Å². The number of nitrogens with one attached hydrogen (secondary N) is 1. The van der Waals surface area contributed by atoms with Gasteiger partial charge in [0.25, 0.3) is 5.91 Å². The van der Waals surface area contributed by atoms with E-state index in [4.69, 9.17) is 23.7 Å². The first-order chi connectivity index (χ1) is 16.0. The molecule has 0 unspecified atom stereocenters. The van der Waals surface area contributed by atoms with Gasteiger partial charge in [0, 0.05) is 17.8 Å². The van der Waals surface area contributed by atoms with Gasteiger partial charge in [-0.15, -0.1) is 0 Å². The number of rotatable bonds is 10. The van der Waals surface area contributed by atoms with Crippen LogP contribution in [0.25, 0.3) is 0 Å². The monoisotopic (exact) mass is 451 g/mol. The van der Waals surface area contributed by atoms with Crippen molar-refractivity contribution in [1.82, 2.24) is 0 Å². The van der Waals surface area contributed by atoms with Crippen LogP contribution in [-0.4, -0.2) is 39.8 Å². The van der Waals surface area contributed by atoms with Crippen LogP contribution < -0.4 is 24.3 Å². The quantitative estimate of drug-likeness (QED) is 0.464. The first-order valence-electron chi connectivity index (χ1n) is 10.1.